The van der Waals surface area contributed by atoms with Gasteiger partial charge in [-0.05, 0) is 55.5 Å². The first kappa shape index (κ1) is 15.8. The summed E-state index contributed by atoms with van der Waals surface area (Å²) in [7, 11) is 0. The summed E-state index contributed by atoms with van der Waals surface area (Å²) in [4.78, 5) is 14.6. The van der Waals surface area contributed by atoms with E-state index in [9.17, 15) is 9.90 Å². The Morgan fingerprint density at radius 3 is 2.35 bits per heavy atom. The van der Waals surface area contributed by atoms with Crippen LogP contribution in [-0.4, -0.2) is 21.5 Å². The number of amides is 1. The van der Waals surface area contributed by atoms with Crippen LogP contribution in [0.2, 0.25) is 0 Å². The van der Waals surface area contributed by atoms with Crippen LogP contribution < -0.4 is 0 Å². The maximum Gasteiger partial charge on any atom is 0.254 e. The SMILES string of the molecule is CC(C)(O)CCc1cccc(C(=O)N2Cc3ccccc3C2)c1. The van der Waals surface area contributed by atoms with Crippen LogP contribution in [0.15, 0.2) is 48.5 Å². The normalized spacial score (nSPS) is 14.0. The van der Waals surface area contributed by atoms with E-state index in [4.69, 9.17) is 0 Å². The van der Waals surface area contributed by atoms with Crippen molar-refractivity contribution in [3.63, 3.8) is 0 Å². The van der Waals surface area contributed by atoms with Crippen LogP contribution in [0.4, 0.5) is 0 Å². The zero-order chi connectivity index (χ0) is 16.4. The first-order valence-corrected chi connectivity index (χ1v) is 8.10. The molecule has 0 aromatic heterocycles. The molecule has 3 heteroatoms. The van der Waals surface area contributed by atoms with Crippen molar-refractivity contribution >= 4 is 5.91 Å². The molecule has 0 saturated heterocycles. The molecule has 1 heterocycles. The Kier molecular flexibility index (Phi) is 4.22. The van der Waals surface area contributed by atoms with Crippen LogP contribution in [0.5, 0.6) is 0 Å². The van der Waals surface area contributed by atoms with Crippen LogP contribution in [0, 0.1) is 0 Å². The van der Waals surface area contributed by atoms with Crippen LogP contribution in [0.1, 0.15) is 47.3 Å². The van der Waals surface area contributed by atoms with E-state index in [0.717, 1.165) is 17.5 Å². The smallest absolute Gasteiger partial charge is 0.254 e. The van der Waals surface area contributed by atoms with Gasteiger partial charge < -0.3 is 10.0 Å². The Morgan fingerprint density at radius 1 is 1.09 bits per heavy atom. The Balaban J connectivity index is 1.71. The van der Waals surface area contributed by atoms with Gasteiger partial charge in [-0.1, -0.05) is 36.4 Å². The molecule has 0 bridgehead atoms. The van der Waals surface area contributed by atoms with Gasteiger partial charge in [-0.25, -0.2) is 0 Å². The van der Waals surface area contributed by atoms with Crippen molar-refractivity contribution in [3.8, 4) is 0 Å². The second-order valence-electron chi connectivity index (χ2n) is 6.94. The molecular formula is C20H23NO2. The number of rotatable bonds is 4. The fraction of sp³-hybridized carbons (Fsp3) is 0.350. The highest BCUT2D eigenvalue weighted by Gasteiger charge is 2.24. The van der Waals surface area contributed by atoms with Gasteiger partial charge in [0.15, 0.2) is 0 Å². The van der Waals surface area contributed by atoms with Crippen LogP contribution >= 0.6 is 0 Å². The molecule has 1 aliphatic heterocycles. The van der Waals surface area contributed by atoms with Crippen molar-refractivity contribution in [2.75, 3.05) is 0 Å². The summed E-state index contributed by atoms with van der Waals surface area (Å²) in [5.41, 5.74) is 3.61. The molecule has 120 valence electrons. The van der Waals surface area contributed by atoms with Crippen molar-refractivity contribution in [2.24, 2.45) is 0 Å². The Morgan fingerprint density at radius 2 is 1.74 bits per heavy atom. The summed E-state index contributed by atoms with van der Waals surface area (Å²) in [5, 5.41) is 9.86. The lowest BCUT2D eigenvalue weighted by atomic mass is 9.98. The molecule has 3 nitrogen and oxygen atoms in total. The Labute approximate surface area is 137 Å². The predicted octanol–water partition coefficient (Wildman–Crippen LogP) is 3.55. The van der Waals surface area contributed by atoms with Gasteiger partial charge in [0.1, 0.15) is 0 Å². The lowest BCUT2D eigenvalue weighted by Crippen LogP contribution is -2.25. The minimum absolute atomic E-state index is 0.0753. The number of nitrogens with zero attached hydrogens (tertiary/aromatic N) is 1. The number of aliphatic hydroxyl groups is 1. The summed E-state index contributed by atoms with van der Waals surface area (Å²) < 4.78 is 0. The Bertz CT molecular complexity index is 691. The third kappa shape index (κ3) is 3.80. The van der Waals surface area contributed by atoms with E-state index >= 15 is 0 Å². The van der Waals surface area contributed by atoms with Gasteiger partial charge in [-0.3, -0.25) is 4.79 Å². The Hall–Kier alpha value is -2.13. The van der Waals surface area contributed by atoms with Gasteiger partial charge in [0, 0.05) is 18.7 Å². The molecule has 1 amide bonds. The first-order valence-electron chi connectivity index (χ1n) is 8.10. The molecule has 1 N–H and O–H groups in total. The quantitative estimate of drug-likeness (QED) is 0.938. The number of carbonyl (C=O) groups is 1. The molecule has 0 atom stereocenters. The highest BCUT2D eigenvalue weighted by molar-refractivity contribution is 5.94. The molecule has 0 unspecified atom stereocenters. The summed E-state index contributed by atoms with van der Waals surface area (Å²) in [5.74, 6) is 0.0753. The number of aryl methyl sites for hydroxylation is 1. The zero-order valence-electron chi connectivity index (χ0n) is 13.7. The predicted molar refractivity (Wildman–Crippen MR) is 91.1 cm³/mol. The largest absolute Gasteiger partial charge is 0.390 e. The molecule has 2 aromatic rings. The molecule has 3 rings (SSSR count). The minimum Gasteiger partial charge on any atom is -0.390 e. The number of fused-ring (bicyclic) bond motifs is 1. The lowest BCUT2D eigenvalue weighted by molar-refractivity contribution is 0.0714. The maximum absolute atomic E-state index is 12.7. The third-order valence-corrected chi connectivity index (χ3v) is 4.33. The average molecular weight is 309 g/mol. The molecule has 23 heavy (non-hydrogen) atoms. The number of hydrogen-bond acceptors (Lipinski definition) is 2. The average Bonchev–Trinajstić information content (AvgIpc) is 2.96. The molecule has 2 aromatic carbocycles. The standard InChI is InChI=1S/C20H23NO2/c1-20(2,23)11-10-15-6-5-9-16(12-15)19(22)21-13-17-7-3-4-8-18(17)14-21/h3-9,12,23H,10-11,13-14H2,1-2H3. The van der Waals surface area contributed by atoms with Gasteiger partial charge in [0.2, 0.25) is 0 Å². The molecule has 1 aliphatic rings. The van der Waals surface area contributed by atoms with Crippen molar-refractivity contribution in [1.82, 2.24) is 4.90 Å². The number of carbonyl (C=O) groups excluding carboxylic acids is 1. The van der Waals surface area contributed by atoms with Gasteiger partial charge in [0.25, 0.3) is 5.91 Å². The molecule has 0 saturated carbocycles. The van der Waals surface area contributed by atoms with E-state index in [1.54, 1.807) is 0 Å². The van der Waals surface area contributed by atoms with Gasteiger partial charge in [-0.15, -0.1) is 0 Å². The number of benzene rings is 2. The molecular weight excluding hydrogens is 286 g/mol. The highest BCUT2D eigenvalue weighted by Crippen LogP contribution is 2.24. The second kappa shape index (κ2) is 6.17. The van der Waals surface area contributed by atoms with Crippen molar-refractivity contribution in [2.45, 2.75) is 45.4 Å². The highest BCUT2D eigenvalue weighted by atomic mass is 16.3. The summed E-state index contributed by atoms with van der Waals surface area (Å²) in [6, 6.07) is 16.0. The van der Waals surface area contributed by atoms with Crippen molar-refractivity contribution in [3.05, 3.63) is 70.8 Å². The minimum atomic E-state index is -0.684. The van der Waals surface area contributed by atoms with Crippen molar-refractivity contribution < 1.29 is 9.90 Å². The summed E-state index contributed by atoms with van der Waals surface area (Å²) in [6.07, 6.45) is 1.45. The van der Waals surface area contributed by atoms with E-state index in [2.05, 4.69) is 12.1 Å². The lowest BCUT2D eigenvalue weighted by Gasteiger charge is -2.18. The van der Waals surface area contributed by atoms with Crippen LogP contribution in [0.3, 0.4) is 0 Å². The first-order chi connectivity index (χ1) is 10.9. The van der Waals surface area contributed by atoms with Crippen LogP contribution in [-0.2, 0) is 19.5 Å². The molecule has 0 radical (unpaired) electrons. The zero-order valence-corrected chi connectivity index (χ0v) is 13.7. The second-order valence-corrected chi connectivity index (χ2v) is 6.94. The maximum atomic E-state index is 12.7. The van der Waals surface area contributed by atoms with Crippen LogP contribution in [0.25, 0.3) is 0 Å². The van der Waals surface area contributed by atoms with Gasteiger partial charge in [0.05, 0.1) is 5.60 Å². The molecule has 0 spiro atoms. The fourth-order valence-electron chi connectivity index (χ4n) is 2.97. The van der Waals surface area contributed by atoms with Gasteiger partial charge >= 0.3 is 0 Å². The summed E-state index contributed by atoms with van der Waals surface area (Å²) >= 11 is 0. The summed E-state index contributed by atoms with van der Waals surface area (Å²) in [6.45, 7) is 4.98. The number of hydrogen-bond donors (Lipinski definition) is 1. The van der Waals surface area contributed by atoms with Crippen molar-refractivity contribution in [1.29, 1.82) is 0 Å². The topological polar surface area (TPSA) is 40.5 Å². The van der Waals surface area contributed by atoms with Gasteiger partial charge in [-0.2, -0.15) is 0 Å². The molecule has 0 fully saturated rings. The van der Waals surface area contributed by atoms with E-state index < -0.39 is 5.60 Å². The monoisotopic (exact) mass is 309 g/mol. The fourth-order valence-corrected chi connectivity index (χ4v) is 2.97. The molecule has 0 aliphatic carbocycles. The van der Waals surface area contributed by atoms with E-state index in [1.165, 1.54) is 11.1 Å². The van der Waals surface area contributed by atoms with E-state index in [-0.39, 0.29) is 5.91 Å². The van der Waals surface area contributed by atoms with E-state index in [1.807, 2.05) is 55.1 Å². The third-order valence-electron chi connectivity index (χ3n) is 4.33. The van der Waals surface area contributed by atoms with E-state index in [0.29, 0.717) is 19.5 Å².